The first-order valence-corrected chi connectivity index (χ1v) is 15.9. The van der Waals surface area contributed by atoms with Gasteiger partial charge in [-0.1, -0.05) is 27.7 Å². The molecule has 3 aromatic heterocycles. The van der Waals surface area contributed by atoms with Gasteiger partial charge in [0.25, 0.3) is 5.91 Å². The molecule has 4 rings (SSSR count). The molecule has 8 nitrogen and oxygen atoms in total. The molecule has 0 radical (unpaired) electrons. The van der Waals surface area contributed by atoms with Crippen molar-refractivity contribution in [2.45, 2.75) is 75.1 Å². The number of nitrogens with zero attached hydrogens (tertiary/aromatic N) is 6. The fourth-order valence-electron chi connectivity index (χ4n) is 4.76. The van der Waals surface area contributed by atoms with Crippen molar-refractivity contribution < 1.29 is 4.79 Å². The van der Waals surface area contributed by atoms with Gasteiger partial charge in [-0.15, -0.1) is 0 Å². The number of anilines is 1. The molecule has 1 aliphatic heterocycles. The van der Waals surface area contributed by atoms with Crippen LogP contribution in [0.2, 0.25) is 0 Å². The fourth-order valence-corrected chi connectivity index (χ4v) is 6.79. The van der Waals surface area contributed by atoms with E-state index >= 15 is 0 Å². The Hall–Kier alpha value is -2.46. The highest BCUT2D eigenvalue weighted by Crippen LogP contribution is 2.58. The summed E-state index contributed by atoms with van der Waals surface area (Å²) in [5, 5.41) is 10.4. The Bertz CT molecular complexity index is 1300. The summed E-state index contributed by atoms with van der Waals surface area (Å²) in [7, 11) is 0.760. The number of amides is 1. The predicted octanol–water partition coefficient (Wildman–Crippen LogP) is 5.59. The fraction of sp³-hybridized carbons (Fsp3) is 0.556. The van der Waals surface area contributed by atoms with Crippen molar-refractivity contribution in [3.8, 4) is 5.82 Å². The lowest BCUT2D eigenvalue weighted by Crippen LogP contribution is -2.40. The maximum absolute atomic E-state index is 13.5. The lowest BCUT2D eigenvalue weighted by atomic mass is 9.97. The normalized spacial score (nSPS) is 18.3. The van der Waals surface area contributed by atoms with Crippen LogP contribution in [0.3, 0.4) is 0 Å². The van der Waals surface area contributed by atoms with E-state index in [0.29, 0.717) is 23.1 Å². The maximum atomic E-state index is 13.5. The van der Waals surface area contributed by atoms with Crippen LogP contribution in [-0.2, 0) is 7.05 Å². The molecule has 0 aliphatic carbocycles. The van der Waals surface area contributed by atoms with Crippen molar-refractivity contribution in [1.82, 2.24) is 29.3 Å². The van der Waals surface area contributed by atoms with E-state index in [1.165, 1.54) is 11.9 Å². The van der Waals surface area contributed by atoms with Crippen molar-refractivity contribution in [3.05, 3.63) is 41.9 Å². The standard InChI is InChI=1S/C27H41N7OS2/c1-18-15-27(6,7)33(16-18)24-20(25(35)31-36-21-17-32(8)29-19(21)2)11-12-22(28-24)34-14-13-23(30-34)37(9,10)26(3,4)5/h11-14,17-18H,15-16H2,1-10H3,(H,31,35). The first kappa shape index (κ1) is 27.6. The van der Waals surface area contributed by atoms with Crippen LogP contribution in [0.5, 0.6) is 0 Å². The van der Waals surface area contributed by atoms with Gasteiger partial charge in [0.2, 0.25) is 0 Å². The van der Waals surface area contributed by atoms with Gasteiger partial charge in [-0.25, -0.2) is 9.67 Å². The molecule has 37 heavy (non-hydrogen) atoms. The van der Waals surface area contributed by atoms with Crippen molar-refractivity contribution in [3.63, 3.8) is 0 Å². The average molecular weight is 544 g/mol. The molecule has 0 spiro atoms. The van der Waals surface area contributed by atoms with Crippen LogP contribution in [0.1, 0.15) is 64.0 Å². The summed E-state index contributed by atoms with van der Waals surface area (Å²) in [4.78, 5) is 21.7. The Morgan fingerprint density at radius 1 is 1.19 bits per heavy atom. The second-order valence-corrected chi connectivity index (χ2v) is 17.2. The second-order valence-electron chi connectivity index (χ2n) is 12.1. The molecule has 3 aromatic rings. The summed E-state index contributed by atoms with van der Waals surface area (Å²) < 4.78 is 6.74. The van der Waals surface area contributed by atoms with Crippen LogP contribution in [0, 0.1) is 12.8 Å². The Morgan fingerprint density at radius 3 is 2.46 bits per heavy atom. The number of nitrogens with one attached hydrogen (secondary N) is 1. The first-order chi connectivity index (χ1) is 17.1. The average Bonchev–Trinajstić information content (AvgIpc) is 3.47. The van der Waals surface area contributed by atoms with E-state index in [-0.39, 0.29) is 16.2 Å². The third kappa shape index (κ3) is 5.41. The Kier molecular flexibility index (Phi) is 7.22. The minimum absolute atomic E-state index is 0.110. The van der Waals surface area contributed by atoms with E-state index in [0.717, 1.165) is 28.6 Å². The zero-order valence-corrected chi connectivity index (χ0v) is 25.4. The molecule has 0 aromatic carbocycles. The van der Waals surface area contributed by atoms with Gasteiger partial charge in [-0.3, -0.25) is 14.2 Å². The highest BCUT2D eigenvalue weighted by molar-refractivity contribution is 8.33. The zero-order chi connectivity index (χ0) is 27.3. The Balaban J connectivity index is 1.71. The van der Waals surface area contributed by atoms with E-state index in [1.807, 2.05) is 43.2 Å². The number of hydrogen-bond donors (Lipinski definition) is 1. The van der Waals surface area contributed by atoms with Crippen molar-refractivity contribution in [2.75, 3.05) is 24.0 Å². The molecule has 1 fully saturated rings. The van der Waals surface area contributed by atoms with Gasteiger partial charge in [0, 0.05) is 31.5 Å². The van der Waals surface area contributed by atoms with Gasteiger partial charge in [0.15, 0.2) is 5.82 Å². The van der Waals surface area contributed by atoms with Gasteiger partial charge in [0.1, 0.15) is 10.8 Å². The van der Waals surface area contributed by atoms with E-state index in [2.05, 4.69) is 74.8 Å². The van der Waals surface area contributed by atoms with Gasteiger partial charge in [0.05, 0.1) is 16.2 Å². The number of pyridine rings is 1. The third-order valence-corrected chi connectivity index (χ3v) is 12.7. The first-order valence-electron chi connectivity index (χ1n) is 12.7. The quantitative estimate of drug-likeness (QED) is 0.408. The molecule has 202 valence electrons. The van der Waals surface area contributed by atoms with Gasteiger partial charge in [-0.05, 0) is 80.5 Å². The summed E-state index contributed by atoms with van der Waals surface area (Å²) in [5.41, 5.74) is 1.33. The van der Waals surface area contributed by atoms with Gasteiger partial charge in [-0.2, -0.15) is 20.2 Å². The predicted molar refractivity (Wildman–Crippen MR) is 155 cm³/mol. The van der Waals surface area contributed by atoms with E-state index < -0.39 is 10.0 Å². The largest absolute Gasteiger partial charge is 0.350 e. The minimum atomic E-state index is -1.12. The molecule has 1 N–H and O–H groups in total. The molecule has 0 bridgehead atoms. The lowest BCUT2D eigenvalue weighted by molar-refractivity contribution is 0.0984. The Labute approximate surface area is 227 Å². The molecule has 1 amide bonds. The number of aryl methyl sites for hydroxylation is 2. The van der Waals surface area contributed by atoms with Crippen molar-refractivity contribution in [2.24, 2.45) is 13.0 Å². The smallest absolute Gasteiger partial charge is 0.265 e. The third-order valence-electron chi connectivity index (χ3n) is 7.51. The molecular weight excluding hydrogens is 502 g/mol. The summed E-state index contributed by atoms with van der Waals surface area (Å²) in [6.07, 6.45) is 9.55. The number of carbonyl (C=O) groups excluding carboxylic acids is 1. The van der Waals surface area contributed by atoms with E-state index in [9.17, 15) is 4.79 Å². The SMILES string of the molecule is Cc1nn(C)cc1SNC(=O)c1ccc(-n2ccc(S(C)(C)C(C)(C)C)n2)nc1N1CC(C)CC1(C)C. The van der Waals surface area contributed by atoms with Crippen LogP contribution >= 0.6 is 22.0 Å². The van der Waals surface area contributed by atoms with Gasteiger partial charge < -0.3 is 4.90 Å². The molecule has 1 unspecified atom stereocenters. The molecule has 4 heterocycles. The molecule has 10 heteroatoms. The van der Waals surface area contributed by atoms with Crippen LogP contribution in [0.4, 0.5) is 5.82 Å². The maximum Gasteiger partial charge on any atom is 0.265 e. The lowest BCUT2D eigenvalue weighted by Gasteiger charge is -2.42. The monoisotopic (exact) mass is 543 g/mol. The number of aromatic nitrogens is 5. The van der Waals surface area contributed by atoms with Crippen molar-refractivity contribution >= 4 is 33.7 Å². The van der Waals surface area contributed by atoms with Crippen LogP contribution in [-0.4, -0.2) is 59.8 Å². The molecule has 1 saturated heterocycles. The van der Waals surface area contributed by atoms with E-state index in [4.69, 9.17) is 10.1 Å². The number of carbonyl (C=O) groups is 1. The highest BCUT2D eigenvalue weighted by atomic mass is 32.3. The molecule has 1 aliphatic rings. The Morgan fingerprint density at radius 2 is 1.89 bits per heavy atom. The molecule has 1 atom stereocenters. The summed E-state index contributed by atoms with van der Waals surface area (Å²) in [5.74, 6) is 1.76. The molecular formula is C27H41N7OS2. The van der Waals surface area contributed by atoms with Crippen LogP contribution in [0.15, 0.2) is 40.5 Å². The number of hydrogen-bond acceptors (Lipinski definition) is 6. The number of rotatable bonds is 6. The summed E-state index contributed by atoms with van der Waals surface area (Å²) in [6, 6.07) is 5.88. The second kappa shape index (κ2) is 9.69. The van der Waals surface area contributed by atoms with Crippen LogP contribution in [0.25, 0.3) is 5.82 Å². The van der Waals surface area contributed by atoms with E-state index in [1.54, 1.807) is 4.68 Å². The summed E-state index contributed by atoms with van der Waals surface area (Å²) >= 11 is 1.29. The zero-order valence-electron chi connectivity index (χ0n) is 23.8. The summed E-state index contributed by atoms with van der Waals surface area (Å²) in [6.45, 7) is 16.3. The molecule has 0 saturated carbocycles. The van der Waals surface area contributed by atoms with Crippen molar-refractivity contribution in [1.29, 1.82) is 0 Å². The topological polar surface area (TPSA) is 80.9 Å². The van der Waals surface area contributed by atoms with Gasteiger partial charge >= 0.3 is 0 Å². The van der Waals surface area contributed by atoms with Crippen LogP contribution < -0.4 is 9.62 Å². The highest BCUT2D eigenvalue weighted by Gasteiger charge is 2.39. The minimum Gasteiger partial charge on any atom is -0.350 e.